The highest BCUT2D eigenvalue weighted by molar-refractivity contribution is 9.10. The largest absolute Gasteiger partial charge is 0.383 e. The number of pyridine rings is 1. The van der Waals surface area contributed by atoms with Crippen molar-refractivity contribution in [1.82, 2.24) is 9.71 Å². The van der Waals surface area contributed by atoms with Crippen LogP contribution in [0.5, 0.6) is 0 Å². The molecule has 0 bridgehead atoms. The van der Waals surface area contributed by atoms with E-state index in [1.165, 1.54) is 12.3 Å². The SMILES string of the molecule is CC1CCC(NS(=O)(=O)c2cc(Br)cnc2N)CC1C. The van der Waals surface area contributed by atoms with Crippen LogP contribution in [0, 0.1) is 11.8 Å². The highest BCUT2D eigenvalue weighted by Gasteiger charge is 2.29. The van der Waals surface area contributed by atoms with Gasteiger partial charge in [0.25, 0.3) is 0 Å². The van der Waals surface area contributed by atoms with E-state index in [9.17, 15) is 8.42 Å². The number of nitrogen functional groups attached to an aromatic ring is 1. The Morgan fingerprint density at radius 3 is 2.70 bits per heavy atom. The summed E-state index contributed by atoms with van der Waals surface area (Å²) in [6, 6.07) is 1.46. The lowest BCUT2D eigenvalue weighted by molar-refractivity contribution is 0.242. The third-order valence-corrected chi connectivity index (χ3v) is 6.04. The maximum absolute atomic E-state index is 12.4. The first-order valence-electron chi connectivity index (χ1n) is 6.73. The van der Waals surface area contributed by atoms with E-state index in [1.807, 2.05) is 0 Å². The van der Waals surface area contributed by atoms with Gasteiger partial charge in [-0.1, -0.05) is 13.8 Å². The summed E-state index contributed by atoms with van der Waals surface area (Å²) in [6.45, 7) is 4.38. The number of sulfonamides is 1. The number of halogens is 1. The van der Waals surface area contributed by atoms with Gasteiger partial charge in [0.2, 0.25) is 10.0 Å². The zero-order valence-electron chi connectivity index (χ0n) is 11.6. The van der Waals surface area contributed by atoms with Gasteiger partial charge in [0.05, 0.1) is 0 Å². The Labute approximate surface area is 128 Å². The lowest BCUT2D eigenvalue weighted by Gasteiger charge is -2.32. The van der Waals surface area contributed by atoms with Crippen LogP contribution in [0.3, 0.4) is 0 Å². The molecule has 1 saturated carbocycles. The summed E-state index contributed by atoms with van der Waals surface area (Å²) >= 11 is 3.22. The van der Waals surface area contributed by atoms with Crippen LogP contribution in [0.25, 0.3) is 0 Å². The molecule has 0 aliphatic heterocycles. The second-order valence-electron chi connectivity index (χ2n) is 5.62. The molecule has 2 rings (SSSR count). The standard InChI is InChI=1S/C13H20BrN3O2S/c1-8-3-4-11(5-9(8)2)17-20(18,19)12-6-10(14)7-16-13(12)15/h6-9,11,17H,3-5H2,1-2H3,(H2,15,16). The van der Waals surface area contributed by atoms with Crippen LogP contribution >= 0.6 is 15.9 Å². The first kappa shape index (κ1) is 15.7. The number of nitrogens with two attached hydrogens (primary N) is 1. The van der Waals surface area contributed by atoms with Crippen molar-refractivity contribution in [3.05, 3.63) is 16.7 Å². The van der Waals surface area contributed by atoms with Gasteiger partial charge < -0.3 is 5.73 Å². The molecule has 5 nitrogen and oxygen atoms in total. The maximum Gasteiger partial charge on any atom is 0.244 e. The molecule has 1 aromatic rings. The minimum absolute atomic E-state index is 0.0235. The van der Waals surface area contributed by atoms with Crippen LogP contribution in [0.15, 0.2) is 21.6 Å². The number of nitrogens with one attached hydrogen (secondary N) is 1. The summed E-state index contributed by atoms with van der Waals surface area (Å²) < 4.78 is 28.2. The number of rotatable bonds is 3. The average Bonchev–Trinajstić information content (AvgIpc) is 2.36. The van der Waals surface area contributed by atoms with E-state index in [1.54, 1.807) is 0 Å². The van der Waals surface area contributed by atoms with Crippen LogP contribution in [0.2, 0.25) is 0 Å². The molecule has 1 aliphatic rings. The minimum Gasteiger partial charge on any atom is -0.383 e. The zero-order valence-corrected chi connectivity index (χ0v) is 14.0. The van der Waals surface area contributed by atoms with Crippen molar-refractivity contribution >= 4 is 31.8 Å². The Hall–Kier alpha value is -0.660. The first-order chi connectivity index (χ1) is 9.29. The summed E-state index contributed by atoms with van der Waals surface area (Å²) in [5.41, 5.74) is 5.68. The Kier molecular flexibility index (Phi) is 4.71. The monoisotopic (exact) mass is 361 g/mol. The van der Waals surface area contributed by atoms with Gasteiger partial charge in [-0.15, -0.1) is 0 Å². The second-order valence-corrected chi connectivity index (χ2v) is 8.22. The molecule has 1 aromatic heterocycles. The van der Waals surface area contributed by atoms with Gasteiger partial charge in [-0.2, -0.15) is 0 Å². The smallest absolute Gasteiger partial charge is 0.244 e. The van der Waals surface area contributed by atoms with Crippen molar-refractivity contribution in [3.63, 3.8) is 0 Å². The summed E-state index contributed by atoms with van der Waals surface area (Å²) in [5.74, 6) is 1.20. The van der Waals surface area contributed by atoms with Gasteiger partial charge in [0, 0.05) is 16.7 Å². The lowest BCUT2D eigenvalue weighted by Crippen LogP contribution is -2.40. The molecule has 112 valence electrons. The second kappa shape index (κ2) is 5.99. The van der Waals surface area contributed by atoms with Crippen LogP contribution in [0.1, 0.15) is 33.1 Å². The van der Waals surface area contributed by atoms with Crippen molar-refractivity contribution in [2.24, 2.45) is 11.8 Å². The summed E-state index contributed by atoms with van der Waals surface area (Å²) in [7, 11) is -3.62. The predicted molar refractivity (Wildman–Crippen MR) is 82.6 cm³/mol. The number of anilines is 1. The van der Waals surface area contributed by atoms with Gasteiger partial charge >= 0.3 is 0 Å². The number of hydrogen-bond donors (Lipinski definition) is 2. The van der Waals surface area contributed by atoms with Crippen molar-refractivity contribution in [3.8, 4) is 0 Å². The summed E-state index contributed by atoms with van der Waals surface area (Å²) in [5, 5.41) is 0. The highest BCUT2D eigenvalue weighted by atomic mass is 79.9. The minimum atomic E-state index is -3.62. The predicted octanol–water partition coefficient (Wildman–Crippen LogP) is 2.53. The molecular formula is C13H20BrN3O2S. The van der Waals surface area contributed by atoms with Crippen molar-refractivity contribution in [2.45, 2.75) is 44.0 Å². The third kappa shape index (κ3) is 3.51. The topological polar surface area (TPSA) is 85.1 Å². The van der Waals surface area contributed by atoms with E-state index >= 15 is 0 Å². The summed E-state index contributed by atoms with van der Waals surface area (Å²) in [6.07, 6.45) is 4.26. The van der Waals surface area contributed by atoms with E-state index < -0.39 is 10.0 Å². The van der Waals surface area contributed by atoms with Gasteiger partial charge in [-0.25, -0.2) is 18.1 Å². The fourth-order valence-electron chi connectivity index (χ4n) is 2.58. The molecule has 0 saturated heterocycles. The fourth-order valence-corrected chi connectivity index (χ4v) is 4.46. The molecule has 0 spiro atoms. The van der Waals surface area contributed by atoms with Crippen LogP contribution in [-0.4, -0.2) is 19.4 Å². The maximum atomic E-state index is 12.4. The van der Waals surface area contributed by atoms with Gasteiger partial charge in [-0.3, -0.25) is 0 Å². The Morgan fingerprint density at radius 2 is 2.05 bits per heavy atom. The average molecular weight is 362 g/mol. The molecule has 3 atom stereocenters. The van der Waals surface area contributed by atoms with E-state index in [0.717, 1.165) is 19.3 Å². The van der Waals surface area contributed by atoms with Crippen LogP contribution in [-0.2, 0) is 10.0 Å². The van der Waals surface area contributed by atoms with Crippen LogP contribution < -0.4 is 10.5 Å². The van der Waals surface area contributed by atoms with Crippen LogP contribution in [0.4, 0.5) is 5.82 Å². The molecule has 0 radical (unpaired) electrons. The molecule has 0 aromatic carbocycles. The Morgan fingerprint density at radius 1 is 1.35 bits per heavy atom. The van der Waals surface area contributed by atoms with Crippen molar-refractivity contribution in [2.75, 3.05) is 5.73 Å². The molecule has 1 heterocycles. The molecule has 1 fully saturated rings. The number of hydrogen-bond acceptors (Lipinski definition) is 4. The van der Waals surface area contributed by atoms with Gasteiger partial charge in [0.1, 0.15) is 10.7 Å². The molecule has 3 N–H and O–H groups in total. The number of nitrogens with zero attached hydrogens (tertiary/aromatic N) is 1. The quantitative estimate of drug-likeness (QED) is 0.865. The Balaban J connectivity index is 2.17. The summed E-state index contributed by atoms with van der Waals surface area (Å²) in [4.78, 5) is 3.92. The molecular weight excluding hydrogens is 342 g/mol. The van der Waals surface area contributed by atoms with E-state index in [-0.39, 0.29) is 16.8 Å². The van der Waals surface area contributed by atoms with Gasteiger partial charge in [-0.05, 0) is 53.1 Å². The lowest BCUT2D eigenvalue weighted by atomic mass is 9.79. The first-order valence-corrected chi connectivity index (χ1v) is 9.00. The van der Waals surface area contributed by atoms with E-state index in [0.29, 0.717) is 16.3 Å². The van der Waals surface area contributed by atoms with Crippen molar-refractivity contribution in [1.29, 1.82) is 0 Å². The molecule has 20 heavy (non-hydrogen) atoms. The van der Waals surface area contributed by atoms with Crippen molar-refractivity contribution < 1.29 is 8.42 Å². The van der Waals surface area contributed by atoms with E-state index in [2.05, 4.69) is 39.5 Å². The molecule has 3 unspecified atom stereocenters. The molecule has 7 heteroatoms. The fraction of sp³-hybridized carbons (Fsp3) is 0.615. The normalized spacial score (nSPS) is 27.4. The van der Waals surface area contributed by atoms with Gasteiger partial charge in [0.15, 0.2) is 0 Å². The van der Waals surface area contributed by atoms with E-state index in [4.69, 9.17) is 5.73 Å². The highest BCUT2D eigenvalue weighted by Crippen LogP contribution is 2.30. The number of aromatic nitrogens is 1. The zero-order chi connectivity index (χ0) is 14.9. The third-order valence-electron chi connectivity index (χ3n) is 4.06. The molecule has 1 aliphatic carbocycles. The molecule has 0 amide bonds. The Bertz CT molecular complexity index is 591.